The van der Waals surface area contributed by atoms with Crippen LogP contribution in [0.1, 0.15) is 0 Å². The Kier molecular flexibility index (Phi) is 5.55. The van der Waals surface area contributed by atoms with Gasteiger partial charge in [0.15, 0.2) is 0 Å². The number of methoxy groups -OCH3 is 1. The zero-order valence-electron chi connectivity index (χ0n) is 11.1. The van der Waals surface area contributed by atoms with Gasteiger partial charge in [-0.15, -0.1) is 0 Å². The maximum Gasteiger partial charge on any atom is 0.323 e. The van der Waals surface area contributed by atoms with Crippen molar-refractivity contribution < 1.29 is 24.5 Å². The van der Waals surface area contributed by atoms with E-state index in [2.05, 4.69) is 0 Å². The molecule has 0 saturated carbocycles. The van der Waals surface area contributed by atoms with Crippen LogP contribution >= 0.6 is 0 Å². The fourth-order valence-electron chi connectivity index (χ4n) is 1.69. The van der Waals surface area contributed by atoms with Gasteiger partial charge >= 0.3 is 5.97 Å². The summed E-state index contributed by atoms with van der Waals surface area (Å²) in [6.07, 6.45) is 0. The van der Waals surface area contributed by atoms with E-state index in [4.69, 9.17) is 9.84 Å². The molecule has 10 heteroatoms. The molecular weight excluding hydrogens is 286 g/mol. The molecule has 0 fully saturated rings. The maximum atomic E-state index is 11.0. The van der Waals surface area contributed by atoms with Crippen LogP contribution in [0.2, 0.25) is 0 Å². The lowest BCUT2D eigenvalue weighted by Gasteiger charge is -2.21. The minimum Gasteiger partial charge on any atom is -0.480 e. The van der Waals surface area contributed by atoms with Crippen molar-refractivity contribution in [2.75, 3.05) is 31.7 Å². The van der Waals surface area contributed by atoms with E-state index in [9.17, 15) is 25.0 Å². The first-order valence-electron chi connectivity index (χ1n) is 5.75. The van der Waals surface area contributed by atoms with Gasteiger partial charge in [-0.05, 0) is 6.07 Å². The van der Waals surface area contributed by atoms with Crippen molar-refractivity contribution in [2.24, 2.45) is 0 Å². The molecule has 0 heterocycles. The summed E-state index contributed by atoms with van der Waals surface area (Å²) in [6.45, 7) is -0.231. The normalized spacial score (nSPS) is 10.1. The molecule has 0 unspecified atom stereocenters. The molecule has 0 aliphatic rings. The number of non-ortho nitro benzene ring substituents is 1. The van der Waals surface area contributed by atoms with E-state index in [1.807, 2.05) is 0 Å². The number of nitrogens with zero attached hydrogens (tertiary/aromatic N) is 3. The minimum atomic E-state index is -1.18. The maximum absolute atomic E-state index is 11.0. The molecule has 114 valence electrons. The van der Waals surface area contributed by atoms with E-state index in [1.165, 1.54) is 12.0 Å². The van der Waals surface area contributed by atoms with Gasteiger partial charge in [0.05, 0.1) is 22.5 Å². The minimum absolute atomic E-state index is 0.00921. The number of nitro groups is 2. The Morgan fingerprint density at radius 3 is 2.48 bits per heavy atom. The molecule has 0 aliphatic carbocycles. The quantitative estimate of drug-likeness (QED) is 0.555. The molecule has 1 rings (SSSR count). The molecule has 0 radical (unpaired) electrons. The zero-order chi connectivity index (χ0) is 16.0. The van der Waals surface area contributed by atoms with Crippen molar-refractivity contribution in [2.45, 2.75) is 0 Å². The molecule has 0 saturated heterocycles. The molecule has 0 spiro atoms. The van der Waals surface area contributed by atoms with Crippen molar-refractivity contribution in [3.8, 4) is 0 Å². The van der Waals surface area contributed by atoms with Crippen LogP contribution in [0.5, 0.6) is 0 Å². The highest BCUT2D eigenvalue weighted by Crippen LogP contribution is 2.31. The summed E-state index contributed by atoms with van der Waals surface area (Å²) in [4.78, 5) is 32.2. The lowest BCUT2D eigenvalue weighted by atomic mass is 10.2. The van der Waals surface area contributed by atoms with E-state index >= 15 is 0 Å². The largest absolute Gasteiger partial charge is 0.480 e. The van der Waals surface area contributed by atoms with Gasteiger partial charge < -0.3 is 14.7 Å². The highest BCUT2D eigenvalue weighted by Gasteiger charge is 2.24. The molecule has 21 heavy (non-hydrogen) atoms. The monoisotopic (exact) mass is 299 g/mol. The van der Waals surface area contributed by atoms with E-state index in [0.29, 0.717) is 0 Å². The number of nitro benzene ring substituents is 2. The van der Waals surface area contributed by atoms with E-state index in [-0.39, 0.29) is 18.8 Å². The number of benzene rings is 1. The summed E-state index contributed by atoms with van der Waals surface area (Å²) in [6, 6.07) is 3.05. The Hall–Kier alpha value is -2.75. The molecule has 0 aromatic heterocycles. The predicted molar refractivity (Wildman–Crippen MR) is 71.5 cm³/mol. The second-order valence-corrected chi connectivity index (χ2v) is 4.00. The lowest BCUT2D eigenvalue weighted by molar-refractivity contribution is -0.393. The third kappa shape index (κ3) is 4.38. The SMILES string of the molecule is COCCN(CC(=O)O)c1ccc([N+](=O)[O-])cc1[N+](=O)[O-]. The molecule has 1 N–H and O–H groups in total. The van der Waals surface area contributed by atoms with Crippen molar-refractivity contribution in [3.05, 3.63) is 38.4 Å². The van der Waals surface area contributed by atoms with Gasteiger partial charge in [0.25, 0.3) is 11.4 Å². The van der Waals surface area contributed by atoms with E-state index < -0.39 is 33.7 Å². The third-order valence-corrected chi connectivity index (χ3v) is 2.60. The summed E-state index contributed by atoms with van der Waals surface area (Å²) in [7, 11) is 1.41. The molecule has 1 aromatic rings. The van der Waals surface area contributed by atoms with Gasteiger partial charge in [-0.25, -0.2) is 0 Å². The summed E-state index contributed by atoms with van der Waals surface area (Å²) in [5.74, 6) is -1.18. The second-order valence-electron chi connectivity index (χ2n) is 4.00. The van der Waals surface area contributed by atoms with E-state index in [0.717, 1.165) is 18.2 Å². The van der Waals surface area contributed by atoms with Crippen LogP contribution in [-0.2, 0) is 9.53 Å². The van der Waals surface area contributed by atoms with Gasteiger partial charge in [-0.1, -0.05) is 0 Å². The number of hydrogen-bond donors (Lipinski definition) is 1. The standard InChI is InChI=1S/C11H13N3O7/c1-21-5-4-12(7-11(15)16)9-3-2-8(13(17)18)6-10(9)14(19)20/h2-3,6H,4-5,7H2,1H3,(H,15,16). The van der Waals surface area contributed by atoms with Crippen molar-refractivity contribution in [1.82, 2.24) is 0 Å². The average Bonchev–Trinajstić information content (AvgIpc) is 2.42. The van der Waals surface area contributed by atoms with Crippen molar-refractivity contribution >= 4 is 23.0 Å². The van der Waals surface area contributed by atoms with Gasteiger partial charge in [0.1, 0.15) is 12.2 Å². The number of carboxylic acids is 1. The van der Waals surface area contributed by atoms with Gasteiger partial charge in [-0.2, -0.15) is 0 Å². The highest BCUT2D eigenvalue weighted by atomic mass is 16.6. The summed E-state index contributed by atoms with van der Waals surface area (Å²) < 4.78 is 4.83. The highest BCUT2D eigenvalue weighted by molar-refractivity contribution is 5.77. The summed E-state index contributed by atoms with van der Waals surface area (Å²) in [5, 5.41) is 30.6. The average molecular weight is 299 g/mol. The Morgan fingerprint density at radius 1 is 1.33 bits per heavy atom. The van der Waals surface area contributed by atoms with Crippen LogP contribution in [0.4, 0.5) is 17.1 Å². The van der Waals surface area contributed by atoms with Gasteiger partial charge in [0.2, 0.25) is 0 Å². The Bertz CT molecular complexity index is 561. The molecular formula is C11H13N3O7. The predicted octanol–water partition coefficient (Wildman–Crippen LogP) is 1.04. The first-order chi connectivity index (χ1) is 9.86. The topological polar surface area (TPSA) is 136 Å². The molecule has 10 nitrogen and oxygen atoms in total. The number of rotatable bonds is 8. The molecule has 0 atom stereocenters. The van der Waals surface area contributed by atoms with Crippen LogP contribution in [0.3, 0.4) is 0 Å². The van der Waals surface area contributed by atoms with Crippen LogP contribution in [-0.4, -0.2) is 47.7 Å². The molecule has 1 aromatic carbocycles. The third-order valence-electron chi connectivity index (χ3n) is 2.60. The molecule has 0 aliphatic heterocycles. The first-order valence-corrected chi connectivity index (χ1v) is 5.75. The van der Waals surface area contributed by atoms with Gasteiger partial charge in [-0.3, -0.25) is 25.0 Å². The fourth-order valence-corrected chi connectivity index (χ4v) is 1.69. The van der Waals surface area contributed by atoms with Crippen LogP contribution in [0.15, 0.2) is 18.2 Å². The molecule has 0 amide bonds. The Balaban J connectivity index is 3.24. The number of hydrogen-bond acceptors (Lipinski definition) is 7. The summed E-state index contributed by atoms with van der Waals surface area (Å²) in [5.41, 5.74) is -0.973. The van der Waals surface area contributed by atoms with Crippen LogP contribution < -0.4 is 4.90 Å². The zero-order valence-corrected chi connectivity index (χ0v) is 11.1. The fraction of sp³-hybridized carbons (Fsp3) is 0.364. The first kappa shape index (κ1) is 16.3. The number of ether oxygens (including phenoxy) is 1. The van der Waals surface area contributed by atoms with Crippen molar-refractivity contribution in [1.29, 1.82) is 0 Å². The summed E-state index contributed by atoms with van der Waals surface area (Å²) >= 11 is 0. The van der Waals surface area contributed by atoms with E-state index in [1.54, 1.807) is 0 Å². The van der Waals surface area contributed by atoms with Crippen LogP contribution in [0.25, 0.3) is 0 Å². The lowest BCUT2D eigenvalue weighted by Crippen LogP contribution is -2.33. The Morgan fingerprint density at radius 2 is 2.00 bits per heavy atom. The number of anilines is 1. The van der Waals surface area contributed by atoms with Crippen molar-refractivity contribution in [3.63, 3.8) is 0 Å². The van der Waals surface area contributed by atoms with Crippen LogP contribution in [0, 0.1) is 20.2 Å². The Labute approximate surface area is 118 Å². The number of aliphatic carboxylic acids is 1. The molecule has 0 bridgehead atoms. The number of carboxylic acid groups (broad SMARTS) is 1. The smallest absolute Gasteiger partial charge is 0.323 e. The van der Waals surface area contributed by atoms with Gasteiger partial charge in [0, 0.05) is 19.7 Å². The second kappa shape index (κ2) is 7.14. The number of carbonyl (C=O) groups is 1.